The number of piperidine rings is 1. The fraction of sp³-hybridized carbons (Fsp3) is 0.316. The molecule has 0 atom stereocenters. The van der Waals surface area contributed by atoms with E-state index in [9.17, 15) is 0 Å². The van der Waals surface area contributed by atoms with Crippen LogP contribution in [0.2, 0.25) is 10.2 Å². The van der Waals surface area contributed by atoms with Gasteiger partial charge in [0, 0.05) is 34.7 Å². The van der Waals surface area contributed by atoms with Gasteiger partial charge in [-0.05, 0) is 49.7 Å². The zero-order valence-corrected chi connectivity index (χ0v) is 15.1. The van der Waals surface area contributed by atoms with Gasteiger partial charge < -0.3 is 14.5 Å². The first kappa shape index (κ1) is 16.7. The van der Waals surface area contributed by atoms with Crippen LogP contribution in [0.1, 0.15) is 30.0 Å². The van der Waals surface area contributed by atoms with Crippen LogP contribution in [0.25, 0.3) is 11.0 Å². The van der Waals surface area contributed by atoms with Crippen LogP contribution in [0.3, 0.4) is 0 Å². The van der Waals surface area contributed by atoms with Gasteiger partial charge in [-0.25, -0.2) is 4.98 Å². The van der Waals surface area contributed by atoms with Crippen molar-refractivity contribution in [3.63, 3.8) is 0 Å². The molecule has 130 valence electrons. The van der Waals surface area contributed by atoms with Gasteiger partial charge in [0.25, 0.3) is 0 Å². The van der Waals surface area contributed by atoms with Gasteiger partial charge in [0.2, 0.25) is 5.88 Å². The highest BCUT2D eigenvalue weighted by molar-refractivity contribution is 6.36. The lowest BCUT2D eigenvalue weighted by Crippen LogP contribution is -2.27. The molecule has 0 saturated carbocycles. The molecule has 0 spiro atoms. The third kappa shape index (κ3) is 3.61. The van der Waals surface area contributed by atoms with Gasteiger partial charge in [-0.3, -0.25) is 0 Å². The minimum Gasteiger partial charge on any atom is -0.473 e. The molecule has 4 rings (SSSR count). The van der Waals surface area contributed by atoms with Crippen molar-refractivity contribution in [2.75, 3.05) is 13.1 Å². The maximum Gasteiger partial charge on any atom is 0.213 e. The predicted molar refractivity (Wildman–Crippen MR) is 99.6 cm³/mol. The highest BCUT2D eigenvalue weighted by atomic mass is 35.5. The standard InChI is InChI=1S/C19H18Cl2N2O2/c20-15-5-4-13(19-14(15)10-17(21)25-19)11-24-18-3-1-2-16(23-18)12-6-8-22-9-7-12/h1-5,10,12,22H,6-9,11H2. The summed E-state index contributed by atoms with van der Waals surface area (Å²) < 4.78 is 11.5. The van der Waals surface area contributed by atoms with E-state index < -0.39 is 0 Å². The minimum absolute atomic E-state index is 0.315. The van der Waals surface area contributed by atoms with Gasteiger partial charge in [-0.15, -0.1) is 0 Å². The van der Waals surface area contributed by atoms with E-state index in [2.05, 4.69) is 16.4 Å². The van der Waals surface area contributed by atoms with E-state index in [4.69, 9.17) is 32.4 Å². The topological polar surface area (TPSA) is 47.3 Å². The first-order valence-corrected chi connectivity index (χ1v) is 9.13. The Balaban J connectivity index is 1.53. The molecule has 2 aromatic heterocycles. The fourth-order valence-electron chi connectivity index (χ4n) is 3.24. The number of hydrogen-bond acceptors (Lipinski definition) is 4. The second-order valence-corrected chi connectivity index (χ2v) is 6.99. The zero-order chi connectivity index (χ0) is 17.2. The number of furan rings is 1. The molecule has 25 heavy (non-hydrogen) atoms. The number of halogens is 2. The van der Waals surface area contributed by atoms with Crippen LogP contribution in [0, 0.1) is 0 Å². The first-order chi connectivity index (χ1) is 12.2. The molecule has 0 unspecified atom stereocenters. The minimum atomic E-state index is 0.315. The Hall–Kier alpha value is -1.75. The number of pyridine rings is 1. The molecule has 0 bridgehead atoms. The zero-order valence-electron chi connectivity index (χ0n) is 13.6. The summed E-state index contributed by atoms with van der Waals surface area (Å²) in [4.78, 5) is 4.68. The molecular weight excluding hydrogens is 359 g/mol. The van der Waals surface area contributed by atoms with Crippen molar-refractivity contribution in [1.29, 1.82) is 0 Å². The van der Waals surface area contributed by atoms with Gasteiger partial charge in [-0.2, -0.15) is 0 Å². The SMILES string of the molecule is Clc1cc2c(Cl)ccc(COc3cccc(C4CCNCC4)n3)c2o1. The van der Waals surface area contributed by atoms with Crippen LogP contribution in [0.4, 0.5) is 0 Å². The summed E-state index contributed by atoms with van der Waals surface area (Å²) in [7, 11) is 0. The number of nitrogens with one attached hydrogen (secondary N) is 1. The number of benzene rings is 1. The molecule has 3 aromatic rings. The van der Waals surface area contributed by atoms with Crippen LogP contribution in [-0.4, -0.2) is 18.1 Å². The van der Waals surface area contributed by atoms with Gasteiger partial charge in [0.1, 0.15) is 12.2 Å². The number of hydrogen-bond donors (Lipinski definition) is 1. The van der Waals surface area contributed by atoms with Gasteiger partial charge in [0.05, 0.1) is 5.02 Å². The van der Waals surface area contributed by atoms with E-state index in [1.165, 1.54) is 0 Å². The molecule has 1 fully saturated rings. The average Bonchev–Trinajstić information content (AvgIpc) is 3.05. The van der Waals surface area contributed by atoms with E-state index in [0.717, 1.165) is 42.6 Å². The molecule has 1 N–H and O–H groups in total. The Morgan fingerprint density at radius 3 is 2.84 bits per heavy atom. The monoisotopic (exact) mass is 376 g/mol. The molecule has 1 aliphatic heterocycles. The van der Waals surface area contributed by atoms with Crippen molar-refractivity contribution < 1.29 is 9.15 Å². The van der Waals surface area contributed by atoms with Crippen molar-refractivity contribution in [1.82, 2.24) is 10.3 Å². The Morgan fingerprint density at radius 1 is 1.16 bits per heavy atom. The summed E-state index contributed by atoms with van der Waals surface area (Å²) in [6, 6.07) is 11.4. The largest absolute Gasteiger partial charge is 0.473 e. The second kappa shape index (κ2) is 7.24. The van der Waals surface area contributed by atoms with E-state index in [0.29, 0.717) is 34.2 Å². The van der Waals surface area contributed by atoms with Gasteiger partial charge in [-0.1, -0.05) is 23.7 Å². The average molecular weight is 377 g/mol. The molecular formula is C19H18Cl2N2O2. The second-order valence-electron chi connectivity index (χ2n) is 6.21. The third-order valence-corrected chi connectivity index (χ3v) is 5.08. The summed E-state index contributed by atoms with van der Waals surface area (Å²) in [5, 5.41) is 5.10. The van der Waals surface area contributed by atoms with E-state index in [1.807, 2.05) is 24.3 Å². The summed E-state index contributed by atoms with van der Waals surface area (Å²) in [5.41, 5.74) is 2.65. The first-order valence-electron chi connectivity index (χ1n) is 8.37. The Morgan fingerprint density at radius 2 is 2.00 bits per heavy atom. The molecule has 0 radical (unpaired) electrons. The van der Waals surface area contributed by atoms with Crippen LogP contribution in [0.5, 0.6) is 5.88 Å². The lowest BCUT2D eigenvalue weighted by atomic mass is 9.94. The van der Waals surface area contributed by atoms with Crippen molar-refractivity contribution in [2.45, 2.75) is 25.4 Å². The normalized spacial score (nSPS) is 15.6. The van der Waals surface area contributed by atoms with E-state index in [-0.39, 0.29) is 0 Å². The molecule has 1 saturated heterocycles. The highest BCUT2D eigenvalue weighted by Crippen LogP contribution is 2.32. The van der Waals surface area contributed by atoms with E-state index >= 15 is 0 Å². The van der Waals surface area contributed by atoms with Gasteiger partial charge >= 0.3 is 0 Å². The number of rotatable bonds is 4. The van der Waals surface area contributed by atoms with Crippen LogP contribution < -0.4 is 10.1 Å². The molecule has 0 aliphatic carbocycles. The van der Waals surface area contributed by atoms with Crippen LogP contribution in [-0.2, 0) is 6.61 Å². The lowest BCUT2D eigenvalue weighted by molar-refractivity contribution is 0.291. The third-order valence-electron chi connectivity index (χ3n) is 4.56. The maximum atomic E-state index is 6.19. The number of fused-ring (bicyclic) bond motifs is 1. The fourth-order valence-corrected chi connectivity index (χ4v) is 3.63. The Bertz CT molecular complexity index is 888. The predicted octanol–water partition coefficient (Wildman–Crippen LogP) is 5.18. The Kier molecular flexibility index (Phi) is 4.84. The highest BCUT2D eigenvalue weighted by Gasteiger charge is 2.17. The molecule has 1 aliphatic rings. The molecule has 6 heteroatoms. The van der Waals surface area contributed by atoms with Gasteiger partial charge in [0.15, 0.2) is 5.22 Å². The molecule has 1 aromatic carbocycles. The number of aromatic nitrogens is 1. The van der Waals surface area contributed by atoms with Crippen molar-refractivity contribution in [2.24, 2.45) is 0 Å². The summed E-state index contributed by atoms with van der Waals surface area (Å²) in [6.07, 6.45) is 2.22. The number of nitrogens with zero attached hydrogens (tertiary/aromatic N) is 1. The maximum absolute atomic E-state index is 6.19. The molecule has 0 amide bonds. The van der Waals surface area contributed by atoms with E-state index in [1.54, 1.807) is 6.07 Å². The summed E-state index contributed by atoms with van der Waals surface area (Å²) in [5.74, 6) is 1.12. The van der Waals surface area contributed by atoms with Crippen LogP contribution >= 0.6 is 23.2 Å². The van der Waals surface area contributed by atoms with Crippen LogP contribution in [0.15, 0.2) is 40.8 Å². The lowest BCUT2D eigenvalue weighted by Gasteiger charge is -2.22. The quantitative estimate of drug-likeness (QED) is 0.681. The van der Waals surface area contributed by atoms with Crippen molar-refractivity contribution in [3.8, 4) is 5.88 Å². The van der Waals surface area contributed by atoms with Crippen molar-refractivity contribution in [3.05, 3.63) is 57.9 Å². The van der Waals surface area contributed by atoms with Crippen molar-refractivity contribution >= 4 is 34.2 Å². The molecule has 3 heterocycles. The molecule has 4 nitrogen and oxygen atoms in total. The smallest absolute Gasteiger partial charge is 0.213 e. The summed E-state index contributed by atoms with van der Waals surface area (Å²) >= 11 is 12.2. The number of ether oxygens (including phenoxy) is 1. The summed E-state index contributed by atoms with van der Waals surface area (Å²) in [6.45, 7) is 2.43. The Labute approximate surface area is 156 Å².